The monoisotopic (exact) mass is 286 g/mol. The van der Waals surface area contributed by atoms with Gasteiger partial charge in [0.25, 0.3) is 0 Å². The molecule has 1 aromatic carbocycles. The molecule has 0 heterocycles. The lowest BCUT2D eigenvalue weighted by Gasteiger charge is -2.26. The summed E-state index contributed by atoms with van der Waals surface area (Å²) in [6.07, 6.45) is 11.4. The second kappa shape index (κ2) is 10.7. The van der Waals surface area contributed by atoms with Crippen molar-refractivity contribution in [1.82, 2.24) is 0 Å². The lowest BCUT2D eigenvalue weighted by atomic mass is 9.79. The lowest BCUT2D eigenvalue weighted by Crippen LogP contribution is -2.17. The Kier molecular flexibility index (Phi) is 9.14. The number of rotatable bonds is 11. The molecular weight excluding hydrogens is 252 g/mol. The number of benzene rings is 1. The van der Waals surface area contributed by atoms with Crippen LogP contribution in [0.1, 0.15) is 64.9 Å². The van der Waals surface area contributed by atoms with E-state index >= 15 is 0 Å². The zero-order valence-corrected chi connectivity index (χ0v) is 14.4. The highest BCUT2D eigenvalue weighted by Gasteiger charge is 2.19. The van der Waals surface area contributed by atoms with E-state index in [4.69, 9.17) is 0 Å². The number of allylic oxidation sites excluding steroid dienone is 1. The predicted octanol–water partition coefficient (Wildman–Crippen LogP) is 6.66. The van der Waals surface area contributed by atoms with Gasteiger partial charge in [0, 0.05) is 0 Å². The summed E-state index contributed by atoms with van der Waals surface area (Å²) in [4.78, 5) is 0. The van der Waals surface area contributed by atoms with Gasteiger partial charge in [0.2, 0.25) is 0 Å². The molecule has 0 saturated heterocycles. The van der Waals surface area contributed by atoms with E-state index in [-0.39, 0.29) is 0 Å². The van der Waals surface area contributed by atoms with Gasteiger partial charge in [-0.25, -0.2) is 0 Å². The van der Waals surface area contributed by atoms with Gasteiger partial charge in [-0.3, -0.25) is 0 Å². The van der Waals surface area contributed by atoms with Crippen LogP contribution >= 0.6 is 0 Å². The van der Waals surface area contributed by atoms with Gasteiger partial charge in [0.1, 0.15) is 0 Å². The zero-order chi connectivity index (χ0) is 15.5. The van der Waals surface area contributed by atoms with Crippen LogP contribution in [0.15, 0.2) is 43.0 Å². The van der Waals surface area contributed by atoms with Crippen molar-refractivity contribution in [2.75, 3.05) is 0 Å². The molecule has 0 aliphatic rings. The molecule has 0 N–H and O–H groups in total. The Morgan fingerprint density at radius 2 is 1.81 bits per heavy atom. The summed E-state index contributed by atoms with van der Waals surface area (Å²) in [7, 11) is 0. The highest BCUT2D eigenvalue weighted by atomic mass is 14.2. The first-order valence-corrected chi connectivity index (χ1v) is 8.87. The molecule has 21 heavy (non-hydrogen) atoms. The summed E-state index contributed by atoms with van der Waals surface area (Å²) in [5.41, 5.74) is 1.48. The topological polar surface area (TPSA) is 0 Å². The SMILES string of the molecule is C=CC(CCCCC)CC(CC)C(C)Cc1ccccc1. The summed E-state index contributed by atoms with van der Waals surface area (Å²) in [5, 5.41) is 0. The Bertz CT molecular complexity index is 365. The summed E-state index contributed by atoms with van der Waals surface area (Å²) in [6.45, 7) is 11.1. The first-order valence-electron chi connectivity index (χ1n) is 8.87. The van der Waals surface area contributed by atoms with Crippen molar-refractivity contribution in [3.8, 4) is 0 Å². The maximum absolute atomic E-state index is 4.07. The van der Waals surface area contributed by atoms with Crippen LogP contribution in [0.3, 0.4) is 0 Å². The molecule has 0 aromatic heterocycles. The fourth-order valence-electron chi connectivity index (χ4n) is 3.33. The highest BCUT2D eigenvalue weighted by Crippen LogP contribution is 2.29. The molecule has 1 rings (SSSR count). The van der Waals surface area contributed by atoms with Crippen molar-refractivity contribution in [3.05, 3.63) is 48.6 Å². The van der Waals surface area contributed by atoms with Crippen molar-refractivity contribution in [2.45, 2.75) is 65.7 Å². The van der Waals surface area contributed by atoms with Gasteiger partial charge in [0.05, 0.1) is 0 Å². The number of hydrogen-bond donors (Lipinski definition) is 0. The van der Waals surface area contributed by atoms with Gasteiger partial charge in [-0.2, -0.15) is 0 Å². The van der Waals surface area contributed by atoms with Crippen LogP contribution < -0.4 is 0 Å². The van der Waals surface area contributed by atoms with Crippen molar-refractivity contribution < 1.29 is 0 Å². The first kappa shape index (κ1) is 18.0. The smallest absolute Gasteiger partial charge is 0.0233 e. The zero-order valence-electron chi connectivity index (χ0n) is 14.4. The second-order valence-corrected chi connectivity index (χ2v) is 6.56. The molecule has 0 spiro atoms. The van der Waals surface area contributed by atoms with Crippen LogP contribution in [0.25, 0.3) is 0 Å². The van der Waals surface area contributed by atoms with Gasteiger partial charge >= 0.3 is 0 Å². The van der Waals surface area contributed by atoms with Crippen LogP contribution in [-0.4, -0.2) is 0 Å². The standard InChI is InChI=1S/C21H34/c1-5-8-10-13-19(6-2)17-21(7-3)18(4)16-20-14-11-9-12-15-20/h6,9,11-12,14-15,18-19,21H,2,5,7-8,10,13,16-17H2,1,3-4H3. The largest absolute Gasteiger partial charge is 0.103 e. The van der Waals surface area contributed by atoms with Gasteiger partial charge < -0.3 is 0 Å². The van der Waals surface area contributed by atoms with E-state index in [1.54, 1.807) is 0 Å². The minimum Gasteiger partial charge on any atom is -0.103 e. The molecule has 0 fully saturated rings. The molecule has 0 amide bonds. The Morgan fingerprint density at radius 1 is 1.10 bits per heavy atom. The molecule has 3 atom stereocenters. The minimum absolute atomic E-state index is 0.708. The number of hydrogen-bond acceptors (Lipinski definition) is 0. The summed E-state index contributed by atoms with van der Waals surface area (Å²) in [5.74, 6) is 2.28. The Balaban J connectivity index is 2.49. The normalized spacial score (nSPS) is 15.4. The highest BCUT2D eigenvalue weighted by molar-refractivity contribution is 5.15. The predicted molar refractivity (Wildman–Crippen MR) is 95.5 cm³/mol. The van der Waals surface area contributed by atoms with Crippen LogP contribution in [0, 0.1) is 17.8 Å². The van der Waals surface area contributed by atoms with Gasteiger partial charge in [0.15, 0.2) is 0 Å². The molecule has 0 heteroatoms. The third kappa shape index (κ3) is 6.98. The second-order valence-electron chi connectivity index (χ2n) is 6.56. The maximum atomic E-state index is 4.07. The molecule has 1 aromatic rings. The van der Waals surface area contributed by atoms with Crippen LogP contribution in [0.2, 0.25) is 0 Å². The first-order chi connectivity index (χ1) is 10.2. The van der Waals surface area contributed by atoms with E-state index in [0.29, 0.717) is 5.92 Å². The average molecular weight is 287 g/mol. The molecule has 3 unspecified atom stereocenters. The molecular formula is C21H34. The average Bonchev–Trinajstić information content (AvgIpc) is 2.51. The summed E-state index contributed by atoms with van der Waals surface area (Å²) in [6, 6.07) is 10.9. The molecule has 0 saturated carbocycles. The Morgan fingerprint density at radius 3 is 2.38 bits per heavy atom. The number of unbranched alkanes of at least 4 members (excludes halogenated alkanes) is 2. The van der Waals surface area contributed by atoms with E-state index in [1.165, 1.54) is 50.5 Å². The minimum atomic E-state index is 0.708. The molecule has 0 aliphatic carbocycles. The van der Waals surface area contributed by atoms with Gasteiger partial charge in [-0.05, 0) is 42.6 Å². The molecule has 0 radical (unpaired) electrons. The van der Waals surface area contributed by atoms with Gasteiger partial charge in [-0.1, -0.05) is 82.9 Å². The van der Waals surface area contributed by atoms with E-state index in [2.05, 4.69) is 63.8 Å². The lowest BCUT2D eigenvalue weighted by molar-refractivity contribution is 0.284. The fourth-order valence-corrected chi connectivity index (χ4v) is 3.33. The van der Waals surface area contributed by atoms with E-state index < -0.39 is 0 Å². The fraction of sp³-hybridized carbons (Fsp3) is 0.619. The molecule has 0 aliphatic heterocycles. The van der Waals surface area contributed by atoms with E-state index in [9.17, 15) is 0 Å². The third-order valence-corrected chi connectivity index (χ3v) is 4.85. The quantitative estimate of drug-likeness (QED) is 0.315. The van der Waals surface area contributed by atoms with Crippen molar-refractivity contribution in [1.29, 1.82) is 0 Å². The van der Waals surface area contributed by atoms with Crippen molar-refractivity contribution in [3.63, 3.8) is 0 Å². The maximum Gasteiger partial charge on any atom is -0.0233 e. The van der Waals surface area contributed by atoms with Crippen LogP contribution in [-0.2, 0) is 6.42 Å². The third-order valence-electron chi connectivity index (χ3n) is 4.85. The van der Waals surface area contributed by atoms with Crippen molar-refractivity contribution in [2.24, 2.45) is 17.8 Å². The van der Waals surface area contributed by atoms with Crippen molar-refractivity contribution >= 4 is 0 Å². The van der Waals surface area contributed by atoms with Crippen LogP contribution in [0.5, 0.6) is 0 Å². The molecule has 0 nitrogen and oxygen atoms in total. The van der Waals surface area contributed by atoms with Crippen LogP contribution in [0.4, 0.5) is 0 Å². The molecule has 118 valence electrons. The Hall–Kier alpha value is -1.04. The Labute approximate surface area is 132 Å². The summed E-state index contributed by atoms with van der Waals surface area (Å²) >= 11 is 0. The van der Waals surface area contributed by atoms with E-state index in [1.807, 2.05) is 0 Å². The molecule has 0 bridgehead atoms. The van der Waals surface area contributed by atoms with E-state index in [0.717, 1.165) is 11.8 Å². The summed E-state index contributed by atoms with van der Waals surface area (Å²) < 4.78 is 0. The van der Waals surface area contributed by atoms with Gasteiger partial charge in [-0.15, -0.1) is 6.58 Å².